The van der Waals surface area contributed by atoms with Crippen molar-refractivity contribution < 1.29 is 34.3 Å². The number of aliphatic hydroxyl groups excluding tert-OH is 3. The molecule has 24 heavy (non-hydrogen) atoms. The van der Waals surface area contributed by atoms with Gasteiger partial charge in [-0.3, -0.25) is 0 Å². The minimum Gasteiger partial charge on any atom is -0.388 e. The topological polar surface area (TPSA) is 202 Å². The first-order chi connectivity index (χ1) is 11.3. The molecule has 2 aliphatic heterocycles. The average molecular weight is 352 g/mol. The highest BCUT2D eigenvalue weighted by Crippen LogP contribution is 2.27. The summed E-state index contributed by atoms with van der Waals surface area (Å²) in [6.07, 6.45) is -8.18. The van der Waals surface area contributed by atoms with E-state index in [1.807, 2.05) is 0 Å². The fourth-order valence-electron chi connectivity index (χ4n) is 2.94. The number of methoxy groups -OCH3 is 1. The first-order valence-electron chi connectivity index (χ1n) is 7.80. The Labute approximate surface area is 139 Å². The van der Waals surface area contributed by atoms with Gasteiger partial charge in [0, 0.05) is 20.2 Å². The Bertz CT molecular complexity index is 403. The van der Waals surface area contributed by atoms with Gasteiger partial charge in [-0.25, -0.2) is 0 Å². The lowest BCUT2D eigenvalue weighted by Gasteiger charge is -2.46. The van der Waals surface area contributed by atoms with Crippen molar-refractivity contribution in [1.82, 2.24) is 0 Å². The van der Waals surface area contributed by atoms with Crippen LogP contribution in [0.3, 0.4) is 0 Å². The number of nitrogens with two attached hydrogens (primary N) is 4. The highest BCUT2D eigenvalue weighted by molar-refractivity contribution is 4.96. The lowest BCUT2D eigenvalue weighted by Crippen LogP contribution is -2.68. The van der Waals surface area contributed by atoms with Crippen LogP contribution in [0.15, 0.2) is 0 Å². The van der Waals surface area contributed by atoms with Crippen molar-refractivity contribution in [3.63, 3.8) is 0 Å². The number of hydrogen-bond acceptors (Lipinski definition) is 11. The van der Waals surface area contributed by atoms with E-state index in [0.717, 1.165) is 0 Å². The molecule has 0 aliphatic carbocycles. The second kappa shape index (κ2) is 8.29. The van der Waals surface area contributed by atoms with Crippen LogP contribution in [0.25, 0.3) is 0 Å². The molecule has 0 aromatic carbocycles. The van der Waals surface area contributed by atoms with Crippen molar-refractivity contribution in [3.05, 3.63) is 0 Å². The van der Waals surface area contributed by atoms with E-state index < -0.39 is 61.3 Å². The Balaban J connectivity index is 2.12. The van der Waals surface area contributed by atoms with Gasteiger partial charge in [0.2, 0.25) is 0 Å². The van der Waals surface area contributed by atoms with Gasteiger partial charge in [-0.1, -0.05) is 0 Å². The molecule has 2 rings (SSSR count). The molecule has 2 fully saturated rings. The molecule has 2 saturated heterocycles. The van der Waals surface area contributed by atoms with Crippen molar-refractivity contribution in [2.75, 3.05) is 20.2 Å². The van der Waals surface area contributed by atoms with Crippen LogP contribution >= 0.6 is 0 Å². The molecule has 6 unspecified atom stereocenters. The zero-order chi connectivity index (χ0) is 18.0. The van der Waals surface area contributed by atoms with Crippen LogP contribution in [0.1, 0.15) is 0 Å². The molecular weight excluding hydrogens is 324 g/mol. The fraction of sp³-hybridized carbons (Fsp3) is 1.00. The van der Waals surface area contributed by atoms with Gasteiger partial charge in [0.05, 0.1) is 12.1 Å². The standard InChI is InChI=1S/C13H28N4O7/c1-21-12-7(17)10(20)11(5(3-15)23-12)24-13-6(16)9(19)8(18)4(2-14)22-13/h4-13,18-20H,2-3,14-17H2,1H3/t4?,5?,6?,7?,8-,9?,10?,11-,12+,13-/m1/s1. The number of aliphatic hydroxyl groups is 3. The monoisotopic (exact) mass is 352 g/mol. The number of ether oxygens (including phenoxy) is 4. The first kappa shape index (κ1) is 19.9. The molecule has 0 saturated carbocycles. The molecule has 142 valence electrons. The Morgan fingerprint density at radius 1 is 0.833 bits per heavy atom. The highest BCUT2D eigenvalue weighted by atomic mass is 16.7. The van der Waals surface area contributed by atoms with E-state index in [-0.39, 0.29) is 13.1 Å². The van der Waals surface area contributed by atoms with Crippen LogP contribution in [0, 0.1) is 0 Å². The van der Waals surface area contributed by atoms with Gasteiger partial charge >= 0.3 is 0 Å². The lowest BCUT2D eigenvalue weighted by molar-refractivity contribution is -0.319. The maximum atomic E-state index is 10.4. The summed E-state index contributed by atoms with van der Waals surface area (Å²) >= 11 is 0. The van der Waals surface area contributed by atoms with Crippen LogP contribution in [0.2, 0.25) is 0 Å². The second-order valence-electron chi connectivity index (χ2n) is 6.02. The molecule has 2 aliphatic rings. The van der Waals surface area contributed by atoms with Gasteiger partial charge in [-0.15, -0.1) is 0 Å². The SMILES string of the molecule is CO[C@H]1OC(CN)[C@@H](O[C@H]2OC(CN)[C@@H](O)C(O)C2N)C(O)C1N. The number of rotatable bonds is 5. The van der Waals surface area contributed by atoms with E-state index in [0.29, 0.717) is 0 Å². The molecule has 11 N–H and O–H groups in total. The van der Waals surface area contributed by atoms with E-state index in [1.165, 1.54) is 7.11 Å². The number of hydrogen-bond donors (Lipinski definition) is 7. The van der Waals surface area contributed by atoms with Crippen molar-refractivity contribution in [2.45, 2.75) is 61.3 Å². The summed E-state index contributed by atoms with van der Waals surface area (Å²) in [4.78, 5) is 0. The third-order valence-electron chi connectivity index (χ3n) is 4.46. The molecule has 0 radical (unpaired) electrons. The smallest absolute Gasteiger partial charge is 0.176 e. The summed E-state index contributed by atoms with van der Waals surface area (Å²) in [5.41, 5.74) is 22.9. The van der Waals surface area contributed by atoms with Gasteiger partial charge in [0.15, 0.2) is 12.6 Å². The molecule has 0 aromatic heterocycles. The molecule has 2 heterocycles. The summed E-state index contributed by atoms with van der Waals surface area (Å²) in [6, 6.07) is -1.92. The van der Waals surface area contributed by atoms with Crippen LogP contribution in [0.4, 0.5) is 0 Å². The summed E-state index contributed by atoms with van der Waals surface area (Å²) in [7, 11) is 1.40. The van der Waals surface area contributed by atoms with Gasteiger partial charge in [0.25, 0.3) is 0 Å². The molecule has 0 aromatic rings. The Hall–Kier alpha value is -0.440. The molecule has 0 spiro atoms. The molecular formula is C13H28N4O7. The summed E-state index contributed by atoms with van der Waals surface area (Å²) < 4.78 is 21.8. The predicted molar refractivity (Wildman–Crippen MR) is 81.3 cm³/mol. The van der Waals surface area contributed by atoms with Crippen LogP contribution in [-0.2, 0) is 18.9 Å². The van der Waals surface area contributed by atoms with E-state index in [1.54, 1.807) is 0 Å². The second-order valence-corrected chi connectivity index (χ2v) is 6.02. The predicted octanol–water partition coefficient (Wildman–Crippen LogP) is -4.88. The minimum absolute atomic E-state index is 0.0295. The maximum absolute atomic E-state index is 10.4. The van der Waals surface area contributed by atoms with Gasteiger partial charge in [-0.05, 0) is 0 Å². The van der Waals surface area contributed by atoms with Crippen molar-refractivity contribution in [1.29, 1.82) is 0 Å². The molecule has 0 bridgehead atoms. The highest BCUT2D eigenvalue weighted by Gasteiger charge is 2.49. The molecule has 0 amide bonds. The van der Waals surface area contributed by atoms with Crippen LogP contribution in [0.5, 0.6) is 0 Å². The lowest BCUT2D eigenvalue weighted by atomic mass is 9.95. The maximum Gasteiger partial charge on any atom is 0.176 e. The summed E-state index contributed by atoms with van der Waals surface area (Å²) in [5, 5.41) is 30.3. The molecule has 11 nitrogen and oxygen atoms in total. The van der Waals surface area contributed by atoms with E-state index in [9.17, 15) is 15.3 Å². The quantitative estimate of drug-likeness (QED) is 0.250. The Kier molecular flexibility index (Phi) is 6.87. The zero-order valence-corrected chi connectivity index (χ0v) is 13.5. The Morgan fingerprint density at radius 3 is 1.92 bits per heavy atom. The van der Waals surface area contributed by atoms with Crippen molar-refractivity contribution >= 4 is 0 Å². The van der Waals surface area contributed by atoms with Crippen molar-refractivity contribution in [2.24, 2.45) is 22.9 Å². The molecule has 11 heteroatoms. The fourth-order valence-corrected chi connectivity index (χ4v) is 2.94. The van der Waals surface area contributed by atoms with Crippen molar-refractivity contribution in [3.8, 4) is 0 Å². The van der Waals surface area contributed by atoms with Gasteiger partial charge in [-0.2, -0.15) is 0 Å². The summed E-state index contributed by atoms with van der Waals surface area (Å²) in [5.74, 6) is 0. The van der Waals surface area contributed by atoms with Crippen LogP contribution in [-0.4, -0.2) is 96.8 Å². The average Bonchev–Trinajstić information content (AvgIpc) is 2.59. The van der Waals surface area contributed by atoms with Gasteiger partial charge < -0.3 is 57.2 Å². The summed E-state index contributed by atoms with van der Waals surface area (Å²) in [6.45, 7) is -0.0120. The largest absolute Gasteiger partial charge is 0.388 e. The normalized spacial score (nSPS) is 50.0. The van der Waals surface area contributed by atoms with E-state index in [4.69, 9.17) is 41.9 Å². The minimum atomic E-state index is -1.30. The van der Waals surface area contributed by atoms with Gasteiger partial charge in [0.1, 0.15) is 36.6 Å². The first-order valence-corrected chi connectivity index (χ1v) is 7.80. The Morgan fingerprint density at radius 2 is 1.38 bits per heavy atom. The zero-order valence-electron chi connectivity index (χ0n) is 13.5. The van der Waals surface area contributed by atoms with Crippen LogP contribution < -0.4 is 22.9 Å². The van der Waals surface area contributed by atoms with E-state index >= 15 is 0 Å². The van der Waals surface area contributed by atoms with E-state index in [2.05, 4.69) is 0 Å². The third kappa shape index (κ3) is 3.71. The third-order valence-corrected chi connectivity index (χ3v) is 4.46. The molecule has 10 atom stereocenters.